The van der Waals surface area contributed by atoms with Crippen molar-refractivity contribution in [3.8, 4) is 58.9 Å². The second kappa shape index (κ2) is 29.7. The third kappa shape index (κ3) is 21.1. The first kappa shape index (κ1) is 62.6. The average molecular weight is 1150 g/mol. The minimum Gasteiger partial charge on any atom is -0.482 e. The van der Waals surface area contributed by atoms with Gasteiger partial charge in [0, 0.05) is 86.5 Å². The first-order valence-corrected chi connectivity index (χ1v) is 29.8. The zero-order chi connectivity index (χ0) is 58.7. The van der Waals surface area contributed by atoms with Gasteiger partial charge in [-0.15, -0.1) is 46.2 Å². The number of thioether (sulfide) groups is 2. The van der Waals surface area contributed by atoms with E-state index in [1.807, 2.05) is 56.3 Å². The Balaban J connectivity index is 1.02. The number of ether oxygens (including phenoxy) is 3. The molecule has 9 nitrogen and oxygen atoms in total. The predicted molar refractivity (Wildman–Crippen MR) is 335 cm³/mol. The second-order valence-electron chi connectivity index (χ2n) is 21.0. The highest BCUT2D eigenvalue weighted by atomic mass is 32.2. The Morgan fingerprint density at radius 1 is 0.543 bits per heavy atom. The van der Waals surface area contributed by atoms with E-state index in [1.54, 1.807) is 76.2 Å². The van der Waals surface area contributed by atoms with Crippen LogP contribution in [0.2, 0.25) is 0 Å². The molecule has 2 heterocycles. The summed E-state index contributed by atoms with van der Waals surface area (Å²) in [6.07, 6.45) is 4.42. The standard InChI is InChI=1S/C68H68N2O7S4/c1-47-43-57(78-41-35-59(53-21-17-51(18-22-53)33-37-67(5,6)7)54-23-19-52(20-24-54)34-38-68(8,9)10)25-29-61(47)75-45-65(73)76-46-66(74)77-62-30-26-58(44-48(62)2)79-42-36-60(63-31-27-55(80-63)15-13-39-69(11)49(3)71)64-32-28-56(81-64)16-14-40-70(12)50(4)72/h17-32,35-36,43-44H,39-42,45-46H2,1-12H3. The molecule has 0 N–H and O–H groups in total. The van der Waals surface area contributed by atoms with E-state index in [0.29, 0.717) is 36.1 Å². The van der Waals surface area contributed by atoms with E-state index in [1.165, 1.54) is 13.8 Å². The molecule has 0 saturated carbocycles. The molecule has 2 aromatic heterocycles. The minimum absolute atomic E-state index is 0.0442. The van der Waals surface area contributed by atoms with Gasteiger partial charge in [-0.25, -0.2) is 9.59 Å². The van der Waals surface area contributed by atoms with Crippen LogP contribution < -0.4 is 9.47 Å². The molecule has 6 aromatic rings. The highest BCUT2D eigenvalue weighted by Gasteiger charge is 2.16. The van der Waals surface area contributed by atoms with Crippen LogP contribution in [-0.4, -0.2) is 85.5 Å². The van der Waals surface area contributed by atoms with Crippen LogP contribution in [0.15, 0.2) is 131 Å². The highest BCUT2D eigenvalue weighted by Crippen LogP contribution is 2.36. The monoisotopic (exact) mass is 1150 g/mol. The van der Waals surface area contributed by atoms with Crippen molar-refractivity contribution in [3.05, 3.63) is 174 Å². The summed E-state index contributed by atoms with van der Waals surface area (Å²) in [5, 5.41) is 0. The number of hydrogen-bond donors (Lipinski definition) is 0. The molecule has 13 heteroatoms. The van der Waals surface area contributed by atoms with Crippen LogP contribution in [0, 0.1) is 72.0 Å². The van der Waals surface area contributed by atoms with Crippen molar-refractivity contribution < 1.29 is 33.4 Å². The van der Waals surface area contributed by atoms with Crippen molar-refractivity contribution in [1.29, 1.82) is 0 Å². The molecule has 0 fully saturated rings. The van der Waals surface area contributed by atoms with E-state index in [0.717, 1.165) is 73.8 Å². The fourth-order valence-corrected chi connectivity index (χ4v) is 10.8. The Morgan fingerprint density at radius 3 is 1.42 bits per heavy atom. The summed E-state index contributed by atoms with van der Waals surface area (Å²) in [5.41, 5.74) is 7.72. The predicted octanol–water partition coefficient (Wildman–Crippen LogP) is 13.9. The van der Waals surface area contributed by atoms with Gasteiger partial charge in [0.1, 0.15) is 11.5 Å². The molecule has 6 rings (SSSR count). The van der Waals surface area contributed by atoms with Gasteiger partial charge in [0.15, 0.2) is 13.2 Å². The zero-order valence-electron chi connectivity index (χ0n) is 48.2. The van der Waals surface area contributed by atoms with Gasteiger partial charge in [-0.3, -0.25) is 9.59 Å². The Labute approximate surface area is 496 Å². The van der Waals surface area contributed by atoms with Crippen molar-refractivity contribution in [2.24, 2.45) is 10.8 Å². The number of hydrogen-bond acceptors (Lipinski definition) is 11. The molecule has 0 unspecified atom stereocenters. The molecular weight excluding hydrogens is 1090 g/mol. The lowest BCUT2D eigenvalue weighted by atomic mass is 9.94. The molecule has 0 spiro atoms. The molecule has 0 atom stereocenters. The zero-order valence-corrected chi connectivity index (χ0v) is 51.4. The van der Waals surface area contributed by atoms with E-state index in [9.17, 15) is 19.2 Å². The van der Waals surface area contributed by atoms with Gasteiger partial charge in [-0.2, -0.15) is 0 Å². The maximum Gasteiger partial charge on any atom is 0.349 e. The number of carbonyl (C=O) groups is 4. The summed E-state index contributed by atoms with van der Waals surface area (Å²) in [6.45, 7) is 19.2. The molecule has 81 heavy (non-hydrogen) atoms. The van der Waals surface area contributed by atoms with Crippen LogP contribution >= 0.6 is 46.2 Å². The number of benzene rings is 4. The van der Waals surface area contributed by atoms with Crippen LogP contribution in [0.3, 0.4) is 0 Å². The first-order chi connectivity index (χ1) is 38.5. The molecule has 0 bridgehead atoms. The van der Waals surface area contributed by atoms with E-state index >= 15 is 0 Å². The maximum absolute atomic E-state index is 12.9. The molecule has 0 aliphatic carbocycles. The van der Waals surface area contributed by atoms with Gasteiger partial charge >= 0.3 is 11.9 Å². The SMILES string of the molecule is CC(=O)N(C)CC#Cc1ccc(C(=CCSc2ccc(OC(=O)COC(=O)COc3ccc(SCC=C(c4ccc(C#CC(C)(C)C)cc4)c4ccc(C#CC(C)(C)C)cc4)cc3C)c(C)c2)c2ccc(C#CCN(C)C(C)=O)s2)s1. The topological polar surface area (TPSA) is 102 Å². The number of rotatable bonds is 18. The van der Waals surface area contributed by atoms with Gasteiger partial charge in [-0.05, 0) is 168 Å². The lowest BCUT2D eigenvalue weighted by Gasteiger charge is -2.12. The Morgan fingerprint density at radius 2 is 0.988 bits per heavy atom. The Kier molecular flexibility index (Phi) is 23.0. The summed E-state index contributed by atoms with van der Waals surface area (Å²) in [6, 6.07) is 36.3. The minimum atomic E-state index is -0.712. The van der Waals surface area contributed by atoms with Crippen molar-refractivity contribution >= 4 is 81.1 Å². The maximum atomic E-state index is 12.9. The van der Waals surface area contributed by atoms with Crippen LogP contribution in [0.4, 0.5) is 0 Å². The number of nitrogens with zero attached hydrogens (tertiary/aromatic N) is 2. The van der Waals surface area contributed by atoms with Gasteiger partial charge in [-0.1, -0.05) is 83.8 Å². The lowest BCUT2D eigenvalue weighted by Crippen LogP contribution is -2.23. The van der Waals surface area contributed by atoms with Crippen LogP contribution in [0.25, 0.3) is 11.1 Å². The number of carbonyl (C=O) groups excluding carboxylic acids is 4. The molecule has 416 valence electrons. The van der Waals surface area contributed by atoms with Crippen molar-refractivity contribution in [2.45, 2.75) is 79.0 Å². The molecule has 4 aromatic carbocycles. The fourth-order valence-electron chi connectivity index (χ4n) is 7.14. The number of thiophene rings is 2. The molecule has 0 saturated heterocycles. The van der Waals surface area contributed by atoms with Gasteiger partial charge in [0.25, 0.3) is 0 Å². The molecule has 2 amide bonds. The van der Waals surface area contributed by atoms with E-state index in [2.05, 4.69) is 162 Å². The highest BCUT2D eigenvalue weighted by molar-refractivity contribution is 7.99. The number of esters is 2. The van der Waals surface area contributed by atoms with Crippen molar-refractivity contribution in [2.75, 3.05) is 51.9 Å². The summed E-state index contributed by atoms with van der Waals surface area (Å²) in [4.78, 5) is 58.0. The van der Waals surface area contributed by atoms with Crippen LogP contribution in [0.1, 0.15) is 108 Å². The first-order valence-electron chi connectivity index (χ1n) is 26.2. The average Bonchev–Trinajstić information content (AvgIpc) is 4.13. The third-order valence-corrected chi connectivity index (χ3v) is 15.6. The van der Waals surface area contributed by atoms with Gasteiger partial charge < -0.3 is 24.0 Å². The van der Waals surface area contributed by atoms with E-state index in [-0.39, 0.29) is 29.3 Å². The van der Waals surface area contributed by atoms with E-state index < -0.39 is 18.5 Å². The summed E-state index contributed by atoms with van der Waals surface area (Å²) < 4.78 is 16.7. The Hall–Kier alpha value is -7.62. The fraction of sp³-hybridized carbons (Fsp3) is 0.294. The smallest absolute Gasteiger partial charge is 0.349 e. The number of amides is 2. The number of aryl methyl sites for hydroxylation is 2. The Bertz CT molecular complexity index is 3400. The summed E-state index contributed by atoms with van der Waals surface area (Å²) >= 11 is 6.47. The summed E-state index contributed by atoms with van der Waals surface area (Å²) in [7, 11) is 3.44. The largest absolute Gasteiger partial charge is 0.482 e. The second-order valence-corrected chi connectivity index (χ2v) is 25.3. The van der Waals surface area contributed by atoms with Crippen LogP contribution in [0.5, 0.6) is 11.5 Å². The molecule has 0 aliphatic rings. The van der Waals surface area contributed by atoms with Crippen LogP contribution in [-0.2, 0) is 23.9 Å². The normalized spacial score (nSPS) is 10.7. The van der Waals surface area contributed by atoms with Gasteiger partial charge in [0.2, 0.25) is 11.8 Å². The van der Waals surface area contributed by atoms with E-state index in [4.69, 9.17) is 14.2 Å². The van der Waals surface area contributed by atoms with Crippen molar-refractivity contribution in [1.82, 2.24) is 9.80 Å². The van der Waals surface area contributed by atoms with Crippen molar-refractivity contribution in [3.63, 3.8) is 0 Å². The third-order valence-electron chi connectivity index (χ3n) is 11.7. The molecule has 0 radical (unpaired) electrons. The summed E-state index contributed by atoms with van der Waals surface area (Å²) in [5.74, 6) is 26.5. The quantitative estimate of drug-likeness (QED) is 0.0360. The van der Waals surface area contributed by atoms with Gasteiger partial charge in [0.05, 0.1) is 22.8 Å². The lowest BCUT2D eigenvalue weighted by molar-refractivity contribution is -0.155. The molecule has 0 aliphatic heterocycles. The molecular formula is C68H68N2O7S4.